The Kier molecular flexibility index (Phi) is 8.12. The van der Waals surface area contributed by atoms with Crippen LogP contribution in [0.2, 0.25) is 5.02 Å². The fourth-order valence-corrected chi connectivity index (χ4v) is 7.94. The van der Waals surface area contributed by atoms with E-state index in [0.717, 1.165) is 24.6 Å². The van der Waals surface area contributed by atoms with Crippen LogP contribution < -0.4 is 5.32 Å². The molecule has 0 unspecified atom stereocenters. The van der Waals surface area contributed by atoms with Crippen molar-refractivity contribution in [3.8, 4) is 0 Å². The van der Waals surface area contributed by atoms with E-state index in [-0.39, 0.29) is 29.7 Å². The molecule has 0 radical (unpaired) electrons. The molecule has 208 valence electrons. The average molecular weight is 570 g/mol. The SMILES string of the molecule is CC(C)N(C)[C@@H]1CC[C@H](N2CC[C@H](Nc3ncnc4cc(Cl)ccc34)C2=O)[C@H](CS(=O)(=O)c2ccccc2)C1. The summed E-state index contributed by atoms with van der Waals surface area (Å²) in [5.74, 6) is 0.476. The second-order valence-electron chi connectivity index (χ2n) is 11.0. The largest absolute Gasteiger partial charge is 0.358 e. The number of carbonyl (C=O) groups is 1. The summed E-state index contributed by atoms with van der Waals surface area (Å²) in [4.78, 5) is 27.0. The van der Waals surface area contributed by atoms with E-state index in [4.69, 9.17) is 11.6 Å². The number of anilines is 1. The van der Waals surface area contributed by atoms with E-state index in [1.54, 1.807) is 36.4 Å². The van der Waals surface area contributed by atoms with Gasteiger partial charge in [0, 0.05) is 35.1 Å². The maximum atomic E-state index is 13.7. The topological polar surface area (TPSA) is 95.5 Å². The van der Waals surface area contributed by atoms with Crippen molar-refractivity contribution in [2.45, 2.75) is 68.6 Å². The number of nitrogens with one attached hydrogen (secondary N) is 1. The van der Waals surface area contributed by atoms with Gasteiger partial charge in [0.05, 0.1) is 16.2 Å². The highest BCUT2D eigenvalue weighted by Crippen LogP contribution is 2.36. The second-order valence-corrected chi connectivity index (χ2v) is 13.5. The molecule has 1 saturated carbocycles. The second kappa shape index (κ2) is 11.4. The van der Waals surface area contributed by atoms with Crippen molar-refractivity contribution in [3.63, 3.8) is 0 Å². The van der Waals surface area contributed by atoms with Gasteiger partial charge in [-0.15, -0.1) is 0 Å². The summed E-state index contributed by atoms with van der Waals surface area (Å²) in [5, 5.41) is 4.73. The van der Waals surface area contributed by atoms with Gasteiger partial charge in [-0.05, 0) is 82.8 Å². The first-order valence-corrected chi connectivity index (χ1v) is 15.6. The highest BCUT2D eigenvalue weighted by atomic mass is 35.5. The Hall–Kier alpha value is -2.75. The third-order valence-corrected chi connectivity index (χ3v) is 10.5. The molecule has 1 saturated heterocycles. The summed E-state index contributed by atoms with van der Waals surface area (Å²) < 4.78 is 26.9. The molecule has 39 heavy (non-hydrogen) atoms. The molecular formula is C29H36ClN5O3S. The number of hydrogen-bond donors (Lipinski definition) is 1. The number of amides is 1. The molecule has 8 nitrogen and oxygen atoms in total. The number of hydrogen-bond acceptors (Lipinski definition) is 7. The quantitative estimate of drug-likeness (QED) is 0.422. The molecule has 1 amide bonds. The Morgan fingerprint density at radius 1 is 1.10 bits per heavy atom. The average Bonchev–Trinajstić information content (AvgIpc) is 3.27. The maximum absolute atomic E-state index is 13.7. The van der Waals surface area contributed by atoms with Crippen LogP contribution in [0.1, 0.15) is 39.5 Å². The number of carbonyl (C=O) groups excluding carboxylic acids is 1. The lowest BCUT2D eigenvalue weighted by atomic mass is 9.81. The summed E-state index contributed by atoms with van der Waals surface area (Å²) in [6.45, 7) is 4.91. The zero-order chi connectivity index (χ0) is 27.7. The first-order chi connectivity index (χ1) is 18.6. The molecule has 10 heteroatoms. The normalized spacial score (nSPS) is 24.2. The molecule has 4 atom stereocenters. The lowest BCUT2D eigenvalue weighted by molar-refractivity contribution is -0.132. The van der Waals surface area contributed by atoms with E-state index >= 15 is 0 Å². The molecular weight excluding hydrogens is 534 g/mol. The molecule has 0 spiro atoms. The number of likely N-dealkylation sites (tertiary alicyclic amines) is 1. The standard InChI is InChI=1S/C29H36ClN5O3S/c1-19(2)34(3)22-10-12-27(20(15-22)17-39(37,38)23-7-5-4-6-8-23)35-14-13-25(29(35)36)33-28-24-11-9-21(30)16-26(24)31-18-32-28/h4-9,11,16,18-20,22,25,27H,10,12-15,17H2,1-3H3,(H,31,32,33)/t20-,22+,25-,27-/m0/s1. The smallest absolute Gasteiger partial charge is 0.245 e. The van der Waals surface area contributed by atoms with Crippen LogP contribution in [0.15, 0.2) is 59.8 Å². The number of benzene rings is 2. The Balaban J connectivity index is 1.37. The van der Waals surface area contributed by atoms with E-state index in [1.807, 2.05) is 17.0 Å². The molecule has 1 aliphatic heterocycles. The Bertz CT molecular complexity index is 1440. The summed E-state index contributed by atoms with van der Waals surface area (Å²) in [6.07, 6.45) is 4.55. The summed E-state index contributed by atoms with van der Waals surface area (Å²) in [5.41, 5.74) is 0.709. The van der Waals surface area contributed by atoms with E-state index in [2.05, 4.69) is 41.1 Å². The number of aromatic nitrogens is 2. The fourth-order valence-electron chi connectivity index (χ4n) is 6.09. The Morgan fingerprint density at radius 3 is 2.62 bits per heavy atom. The molecule has 2 heterocycles. The number of sulfone groups is 1. The minimum Gasteiger partial charge on any atom is -0.358 e. The highest BCUT2D eigenvalue weighted by molar-refractivity contribution is 7.91. The predicted molar refractivity (Wildman–Crippen MR) is 155 cm³/mol. The third-order valence-electron chi connectivity index (χ3n) is 8.39. The van der Waals surface area contributed by atoms with E-state index in [1.165, 1.54) is 6.33 Å². The molecule has 0 bridgehead atoms. The van der Waals surface area contributed by atoms with Crippen molar-refractivity contribution < 1.29 is 13.2 Å². The Labute approximate surface area is 235 Å². The molecule has 2 fully saturated rings. The van der Waals surface area contributed by atoms with Gasteiger partial charge in [0.1, 0.15) is 18.2 Å². The molecule has 2 aromatic carbocycles. The minimum atomic E-state index is -3.50. The summed E-state index contributed by atoms with van der Waals surface area (Å²) in [6, 6.07) is 14.1. The summed E-state index contributed by atoms with van der Waals surface area (Å²) >= 11 is 6.13. The van der Waals surface area contributed by atoms with Gasteiger partial charge in [0.15, 0.2) is 9.84 Å². The first kappa shape index (κ1) is 27.8. The van der Waals surface area contributed by atoms with Gasteiger partial charge >= 0.3 is 0 Å². The number of fused-ring (bicyclic) bond motifs is 1. The van der Waals surface area contributed by atoms with Gasteiger partial charge in [0.2, 0.25) is 5.91 Å². The lowest BCUT2D eigenvalue weighted by Crippen LogP contribution is -2.52. The van der Waals surface area contributed by atoms with Gasteiger partial charge < -0.3 is 15.1 Å². The van der Waals surface area contributed by atoms with Crippen molar-refractivity contribution in [1.29, 1.82) is 0 Å². The van der Waals surface area contributed by atoms with Crippen molar-refractivity contribution in [2.75, 3.05) is 24.7 Å². The lowest BCUT2D eigenvalue weighted by Gasteiger charge is -2.44. The monoisotopic (exact) mass is 569 g/mol. The number of rotatable bonds is 8. The van der Waals surface area contributed by atoms with Gasteiger partial charge in [-0.25, -0.2) is 18.4 Å². The summed E-state index contributed by atoms with van der Waals surface area (Å²) in [7, 11) is -1.39. The molecule has 3 aromatic rings. The van der Waals surface area contributed by atoms with Crippen LogP contribution in [-0.4, -0.2) is 77.6 Å². The molecule has 1 aliphatic carbocycles. The highest BCUT2D eigenvalue weighted by Gasteiger charge is 2.44. The van der Waals surface area contributed by atoms with Gasteiger partial charge in [-0.2, -0.15) is 0 Å². The first-order valence-electron chi connectivity index (χ1n) is 13.6. The van der Waals surface area contributed by atoms with Gasteiger partial charge in [0.25, 0.3) is 0 Å². The van der Waals surface area contributed by atoms with Gasteiger partial charge in [-0.3, -0.25) is 4.79 Å². The fraction of sp³-hybridized carbons (Fsp3) is 0.483. The third kappa shape index (κ3) is 5.90. The van der Waals surface area contributed by atoms with Crippen LogP contribution in [-0.2, 0) is 14.6 Å². The van der Waals surface area contributed by atoms with Crippen molar-refractivity contribution in [3.05, 3.63) is 59.9 Å². The van der Waals surface area contributed by atoms with Crippen molar-refractivity contribution in [2.24, 2.45) is 5.92 Å². The Morgan fingerprint density at radius 2 is 1.87 bits per heavy atom. The maximum Gasteiger partial charge on any atom is 0.245 e. The van der Waals surface area contributed by atoms with E-state index < -0.39 is 15.9 Å². The predicted octanol–water partition coefficient (Wildman–Crippen LogP) is 4.65. The molecule has 5 rings (SSSR count). The molecule has 1 N–H and O–H groups in total. The number of nitrogens with zero attached hydrogens (tertiary/aromatic N) is 4. The van der Waals surface area contributed by atoms with Crippen LogP contribution >= 0.6 is 11.6 Å². The van der Waals surface area contributed by atoms with Crippen LogP contribution in [0.4, 0.5) is 5.82 Å². The zero-order valence-corrected chi connectivity index (χ0v) is 24.2. The molecule has 1 aromatic heterocycles. The van der Waals surface area contributed by atoms with Crippen molar-refractivity contribution in [1.82, 2.24) is 19.8 Å². The van der Waals surface area contributed by atoms with E-state index in [0.29, 0.717) is 40.3 Å². The van der Waals surface area contributed by atoms with Crippen molar-refractivity contribution >= 4 is 44.1 Å². The van der Waals surface area contributed by atoms with Crippen LogP contribution in [0.25, 0.3) is 10.9 Å². The zero-order valence-electron chi connectivity index (χ0n) is 22.6. The van der Waals surface area contributed by atoms with Crippen LogP contribution in [0.3, 0.4) is 0 Å². The van der Waals surface area contributed by atoms with Crippen LogP contribution in [0, 0.1) is 5.92 Å². The van der Waals surface area contributed by atoms with E-state index in [9.17, 15) is 13.2 Å². The van der Waals surface area contributed by atoms with Crippen LogP contribution in [0.5, 0.6) is 0 Å². The van der Waals surface area contributed by atoms with Gasteiger partial charge in [-0.1, -0.05) is 29.8 Å². The molecule has 2 aliphatic rings. The number of halogens is 1. The minimum absolute atomic E-state index is 0.00139.